The van der Waals surface area contributed by atoms with Crippen LogP contribution in [0.5, 0.6) is 0 Å². The molecule has 1 unspecified atom stereocenters. The average molecular weight is 343 g/mol. The standard InChI is InChI=1S/C15H27BrN4/c1-11(2)20(9-13-6-5-7-17-8-13)10-14-15(16)12(3)18-19(14)4/h11,13,17H,5-10H2,1-4H3. The van der Waals surface area contributed by atoms with Gasteiger partial charge in [-0.1, -0.05) is 0 Å². The lowest BCUT2D eigenvalue weighted by Crippen LogP contribution is -2.41. The molecule has 0 radical (unpaired) electrons. The van der Waals surface area contributed by atoms with Gasteiger partial charge < -0.3 is 5.32 Å². The fourth-order valence-corrected chi connectivity index (χ4v) is 3.37. The monoisotopic (exact) mass is 342 g/mol. The van der Waals surface area contributed by atoms with E-state index in [0.717, 1.165) is 29.2 Å². The summed E-state index contributed by atoms with van der Waals surface area (Å²) in [5.74, 6) is 0.777. The van der Waals surface area contributed by atoms with Crippen molar-refractivity contribution in [3.63, 3.8) is 0 Å². The highest BCUT2D eigenvalue weighted by atomic mass is 79.9. The normalized spacial score (nSPS) is 20.1. The van der Waals surface area contributed by atoms with Crippen LogP contribution in [0, 0.1) is 12.8 Å². The third-order valence-corrected chi connectivity index (χ3v) is 5.27. The van der Waals surface area contributed by atoms with Crippen LogP contribution in [-0.2, 0) is 13.6 Å². The summed E-state index contributed by atoms with van der Waals surface area (Å²) < 4.78 is 3.17. The minimum absolute atomic E-state index is 0.555. The maximum absolute atomic E-state index is 4.50. The Balaban J connectivity index is 2.05. The molecule has 1 N–H and O–H groups in total. The van der Waals surface area contributed by atoms with Gasteiger partial charge in [-0.15, -0.1) is 0 Å². The summed E-state index contributed by atoms with van der Waals surface area (Å²) in [6, 6.07) is 0.555. The number of hydrogen-bond donors (Lipinski definition) is 1. The first-order chi connectivity index (χ1) is 9.49. The van der Waals surface area contributed by atoms with Gasteiger partial charge in [0, 0.05) is 26.2 Å². The molecule has 0 spiro atoms. The molecule has 1 aromatic heterocycles. The number of rotatable bonds is 5. The fourth-order valence-electron chi connectivity index (χ4n) is 2.91. The van der Waals surface area contributed by atoms with Crippen molar-refractivity contribution in [3.05, 3.63) is 15.9 Å². The summed E-state index contributed by atoms with van der Waals surface area (Å²) in [6.07, 6.45) is 2.66. The van der Waals surface area contributed by atoms with Crippen molar-refractivity contribution in [2.75, 3.05) is 19.6 Å². The lowest BCUT2D eigenvalue weighted by molar-refractivity contribution is 0.160. The van der Waals surface area contributed by atoms with E-state index in [4.69, 9.17) is 0 Å². The Hall–Kier alpha value is -0.390. The average Bonchev–Trinajstić information content (AvgIpc) is 2.65. The van der Waals surface area contributed by atoms with Crippen LogP contribution in [-0.4, -0.2) is 40.4 Å². The van der Waals surface area contributed by atoms with Crippen LogP contribution in [0.2, 0.25) is 0 Å². The first-order valence-corrected chi connectivity index (χ1v) is 8.41. The molecule has 20 heavy (non-hydrogen) atoms. The molecule has 0 aromatic carbocycles. The van der Waals surface area contributed by atoms with E-state index >= 15 is 0 Å². The minimum Gasteiger partial charge on any atom is -0.316 e. The highest BCUT2D eigenvalue weighted by molar-refractivity contribution is 9.10. The van der Waals surface area contributed by atoms with Gasteiger partial charge in [-0.05, 0) is 68.6 Å². The number of hydrogen-bond acceptors (Lipinski definition) is 3. The highest BCUT2D eigenvalue weighted by Crippen LogP contribution is 2.23. The zero-order chi connectivity index (χ0) is 14.7. The van der Waals surface area contributed by atoms with Crippen LogP contribution in [0.15, 0.2) is 4.47 Å². The lowest BCUT2D eigenvalue weighted by Gasteiger charge is -2.32. The van der Waals surface area contributed by atoms with Gasteiger partial charge in [0.1, 0.15) is 0 Å². The molecule has 1 fully saturated rings. The summed E-state index contributed by atoms with van der Waals surface area (Å²) in [5, 5.41) is 8.02. The summed E-state index contributed by atoms with van der Waals surface area (Å²) in [5.41, 5.74) is 2.35. The molecule has 1 aromatic rings. The van der Waals surface area contributed by atoms with E-state index in [1.807, 2.05) is 11.7 Å². The zero-order valence-electron chi connectivity index (χ0n) is 13.1. The van der Waals surface area contributed by atoms with Crippen LogP contribution in [0.25, 0.3) is 0 Å². The van der Waals surface area contributed by atoms with Gasteiger partial charge >= 0.3 is 0 Å². The third-order valence-electron chi connectivity index (χ3n) is 4.24. The number of piperidine rings is 1. The Bertz CT molecular complexity index is 435. The number of nitrogens with one attached hydrogen (secondary N) is 1. The van der Waals surface area contributed by atoms with Gasteiger partial charge in [0.05, 0.1) is 15.9 Å². The molecule has 1 atom stereocenters. The van der Waals surface area contributed by atoms with Gasteiger partial charge in [0.25, 0.3) is 0 Å². The molecule has 2 rings (SSSR count). The van der Waals surface area contributed by atoms with Crippen LogP contribution >= 0.6 is 15.9 Å². The van der Waals surface area contributed by atoms with Crippen molar-refractivity contribution >= 4 is 15.9 Å². The molecule has 0 amide bonds. The van der Waals surface area contributed by atoms with Crippen molar-refractivity contribution in [2.45, 2.75) is 46.2 Å². The van der Waals surface area contributed by atoms with Crippen molar-refractivity contribution in [1.82, 2.24) is 20.0 Å². The van der Waals surface area contributed by atoms with E-state index in [-0.39, 0.29) is 0 Å². The van der Waals surface area contributed by atoms with Gasteiger partial charge in [0.15, 0.2) is 0 Å². The Kier molecular flexibility index (Phi) is 5.64. The summed E-state index contributed by atoms with van der Waals surface area (Å²) in [6.45, 7) is 11.1. The van der Waals surface area contributed by atoms with Gasteiger partial charge in [-0.3, -0.25) is 9.58 Å². The summed E-state index contributed by atoms with van der Waals surface area (Å²) in [7, 11) is 2.04. The van der Waals surface area contributed by atoms with Crippen molar-refractivity contribution in [2.24, 2.45) is 13.0 Å². The second-order valence-electron chi connectivity index (χ2n) is 6.21. The number of nitrogens with zero attached hydrogens (tertiary/aromatic N) is 3. The van der Waals surface area contributed by atoms with E-state index in [1.165, 1.54) is 31.6 Å². The second kappa shape index (κ2) is 7.05. The molecule has 4 nitrogen and oxygen atoms in total. The fraction of sp³-hybridized carbons (Fsp3) is 0.800. The first-order valence-electron chi connectivity index (χ1n) is 7.61. The molecular weight excluding hydrogens is 316 g/mol. The van der Waals surface area contributed by atoms with Gasteiger partial charge in [-0.2, -0.15) is 5.10 Å². The molecule has 114 valence electrons. The van der Waals surface area contributed by atoms with Crippen LogP contribution in [0.4, 0.5) is 0 Å². The van der Waals surface area contributed by atoms with Crippen LogP contribution < -0.4 is 5.32 Å². The molecule has 2 heterocycles. The Labute approximate surface area is 131 Å². The first kappa shape index (κ1) is 16.0. The van der Waals surface area contributed by atoms with Gasteiger partial charge in [0.2, 0.25) is 0 Å². The minimum atomic E-state index is 0.555. The molecule has 1 aliphatic heterocycles. The van der Waals surface area contributed by atoms with Crippen molar-refractivity contribution < 1.29 is 0 Å². The van der Waals surface area contributed by atoms with E-state index in [2.05, 4.69) is 52.0 Å². The van der Waals surface area contributed by atoms with Crippen LogP contribution in [0.1, 0.15) is 38.1 Å². The molecule has 0 saturated carbocycles. The highest BCUT2D eigenvalue weighted by Gasteiger charge is 2.21. The Morgan fingerprint density at radius 2 is 2.25 bits per heavy atom. The topological polar surface area (TPSA) is 33.1 Å². The number of halogens is 1. The van der Waals surface area contributed by atoms with E-state index in [0.29, 0.717) is 6.04 Å². The van der Waals surface area contributed by atoms with E-state index in [1.54, 1.807) is 0 Å². The maximum atomic E-state index is 4.50. The Morgan fingerprint density at radius 3 is 2.75 bits per heavy atom. The predicted octanol–water partition coefficient (Wildman–Crippen LogP) is 2.70. The summed E-state index contributed by atoms with van der Waals surface area (Å²) in [4.78, 5) is 2.57. The quantitative estimate of drug-likeness (QED) is 0.892. The zero-order valence-corrected chi connectivity index (χ0v) is 14.7. The van der Waals surface area contributed by atoms with Gasteiger partial charge in [-0.25, -0.2) is 0 Å². The molecule has 1 saturated heterocycles. The smallest absolute Gasteiger partial charge is 0.0739 e. The molecular formula is C15H27BrN4. The molecule has 0 bridgehead atoms. The second-order valence-corrected chi connectivity index (χ2v) is 7.00. The number of aromatic nitrogens is 2. The summed E-state index contributed by atoms with van der Waals surface area (Å²) >= 11 is 3.68. The van der Waals surface area contributed by atoms with Crippen molar-refractivity contribution in [1.29, 1.82) is 0 Å². The largest absolute Gasteiger partial charge is 0.316 e. The van der Waals surface area contributed by atoms with E-state index in [9.17, 15) is 0 Å². The lowest BCUT2D eigenvalue weighted by atomic mass is 9.98. The Morgan fingerprint density at radius 1 is 1.50 bits per heavy atom. The maximum Gasteiger partial charge on any atom is 0.0739 e. The number of aryl methyl sites for hydroxylation is 2. The SMILES string of the molecule is Cc1nn(C)c(CN(CC2CCCNC2)C(C)C)c1Br. The van der Waals surface area contributed by atoms with E-state index < -0.39 is 0 Å². The predicted molar refractivity (Wildman–Crippen MR) is 86.8 cm³/mol. The molecule has 0 aliphatic carbocycles. The van der Waals surface area contributed by atoms with Crippen LogP contribution in [0.3, 0.4) is 0 Å². The third kappa shape index (κ3) is 3.83. The van der Waals surface area contributed by atoms with Crippen molar-refractivity contribution in [3.8, 4) is 0 Å². The molecule has 5 heteroatoms. The molecule has 1 aliphatic rings.